The molecule has 0 fully saturated rings. The molecule has 0 aliphatic rings. The molecular formula is C15H17FN2. The van der Waals surface area contributed by atoms with E-state index in [4.69, 9.17) is 5.73 Å². The molecule has 0 aliphatic carbocycles. The van der Waals surface area contributed by atoms with Gasteiger partial charge in [-0.15, -0.1) is 0 Å². The third kappa shape index (κ3) is 3.14. The molecule has 1 aromatic heterocycles. The highest BCUT2D eigenvalue weighted by Crippen LogP contribution is 2.21. The molecule has 1 heterocycles. The Balaban J connectivity index is 2.03. The van der Waals surface area contributed by atoms with E-state index in [2.05, 4.69) is 4.98 Å². The molecule has 2 N–H and O–H groups in total. The number of hydrogen-bond donors (Lipinski definition) is 1. The molecule has 2 aromatic rings. The van der Waals surface area contributed by atoms with Crippen LogP contribution < -0.4 is 5.73 Å². The fourth-order valence-electron chi connectivity index (χ4n) is 2.04. The summed E-state index contributed by atoms with van der Waals surface area (Å²) in [5.74, 6) is -0.227. The zero-order chi connectivity index (χ0) is 13.0. The van der Waals surface area contributed by atoms with Gasteiger partial charge < -0.3 is 5.73 Å². The van der Waals surface area contributed by atoms with Gasteiger partial charge >= 0.3 is 0 Å². The van der Waals surface area contributed by atoms with Gasteiger partial charge in [-0.1, -0.05) is 6.07 Å². The summed E-state index contributed by atoms with van der Waals surface area (Å²) < 4.78 is 13.2. The number of pyridine rings is 1. The number of benzene rings is 1. The minimum Gasteiger partial charge on any atom is -0.324 e. The van der Waals surface area contributed by atoms with Gasteiger partial charge in [0.1, 0.15) is 5.82 Å². The summed E-state index contributed by atoms with van der Waals surface area (Å²) in [7, 11) is 0. The average Bonchev–Trinajstić information content (AvgIpc) is 2.40. The molecule has 0 aliphatic heterocycles. The quantitative estimate of drug-likeness (QED) is 0.897. The van der Waals surface area contributed by atoms with Crippen LogP contribution in [-0.4, -0.2) is 4.98 Å². The zero-order valence-electron chi connectivity index (χ0n) is 10.4. The van der Waals surface area contributed by atoms with Crippen LogP contribution in [0.25, 0.3) is 0 Å². The highest BCUT2D eigenvalue weighted by molar-refractivity contribution is 5.29. The van der Waals surface area contributed by atoms with Crippen molar-refractivity contribution in [1.82, 2.24) is 4.98 Å². The molecule has 0 amide bonds. The van der Waals surface area contributed by atoms with Crippen LogP contribution in [0.1, 0.15) is 29.2 Å². The number of halogens is 1. The second kappa shape index (κ2) is 5.74. The number of nitrogens with two attached hydrogens (primary N) is 1. The van der Waals surface area contributed by atoms with E-state index in [1.807, 2.05) is 19.1 Å². The van der Waals surface area contributed by atoms with Crippen LogP contribution in [0.3, 0.4) is 0 Å². The fraction of sp³-hybridized carbons (Fsp3) is 0.267. The van der Waals surface area contributed by atoms with E-state index < -0.39 is 0 Å². The smallest absolute Gasteiger partial charge is 0.123 e. The molecule has 0 radical (unpaired) electrons. The Morgan fingerprint density at radius 2 is 1.94 bits per heavy atom. The van der Waals surface area contributed by atoms with Crippen molar-refractivity contribution >= 4 is 0 Å². The van der Waals surface area contributed by atoms with Crippen molar-refractivity contribution in [3.63, 3.8) is 0 Å². The largest absolute Gasteiger partial charge is 0.324 e. The summed E-state index contributed by atoms with van der Waals surface area (Å²) in [5, 5.41) is 0. The van der Waals surface area contributed by atoms with Crippen LogP contribution in [0.5, 0.6) is 0 Å². The second-order valence-corrected chi connectivity index (χ2v) is 4.50. The van der Waals surface area contributed by atoms with Crippen molar-refractivity contribution in [3.05, 3.63) is 65.2 Å². The van der Waals surface area contributed by atoms with Crippen LogP contribution in [0.4, 0.5) is 4.39 Å². The van der Waals surface area contributed by atoms with Crippen molar-refractivity contribution in [3.8, 4) is 0 Å². The number of rotatable bonds is 4. The molecule has 3 heteroatoms. The van der Waals surface area contributed by atoms with Crippen molar-refractivity contribution in [1.29, 1.82) is 0 Å². The first kappa shape index (κ1) is 12.7. The SMILES string of the molecule is Cc1ccc(F)cc1C(N)CCc1ccncc1. The Morgan fingerprint density at radius 1 is 1.22 bits per heavy atom. The number of aryl methyl sites for hydroxylation is 2. The summed E-state index contributed by atoms with van der Waals surface area (Å²) in [5.41, 5.74) is 9.27. The maximum Gasteiger partial charge on any atom is 0.123 e. The topological polar surface area (TPSA) is 38.9 Å². The molecule has 2 nitrogen and oxygen atoms in total. The molecule has 2 rings (SSSR count). The minimum absolute atomic E-state index is 0.131. The van der Waals surface area contributed by atoms with Crippen LogP contribution in [0.15, 0.2) is 42.7 Å². The molecule has 1 aromatic carbocycles. The second-order valence-electron chi connectivity index (χ2n) is 4.50. The number of aromatic nitrogens is 1. The molecule has 0 spiro atoms. The summed E-state index contributed by atoms with van der Waals surface area (Å²) >= 11 is 0. The van der Waals surface area contributed by atoms with E-state index in [1.165, 1.54) is 17.7 Å². The Bertz CT molecular complexity index is 511. The van der Waals surface area contributed by atoms with Gasteiger partial charge in [-0.3, -0.25) is 4.98 Å². The van der Waals surface area contributed by atoms with Crippen LogP contribution in [-0.2, 0) is 6.42 Å². The van der Waals surface area contributed by atoms with Crippen molar-refractivity contribution in [2.24, 2.45) is 5.73 Å². The Kier molecular flexibility index (Phi) is 4.05. The van der Waals surface area contributed by atoms with Crippen molar-refractivity contribution in [2.75, 3.05) is 0 Å². The summed E-state index contributed by atoms with van der Waals surface area (Å²) in [6, 6.07) is 8.60. The average molecular weight is 244 g/mol. The highest BCUT2D eigenvalue weighted by atomic mass is 19.1. The normalized spacial score (nSPS) is 12.4. The van der Waals surface area contributed by atoms with Gasteiger partial charge in [0.25, 0.3) is 0 Å². The molecule has 0 saturated carbocycles. The molecule has 1 unspecified atom stereocenters. The molecule has 94 valence electrons. The zero-order valence-corrected chi connectivity index (χ0v) is 10.4. The lowest BCUT2D eigenvalue weighted by molar-refractivity contribution is 0.607. The molecule has 18 heavy (non-hydrogen) atoms. The summed E-state index contributed by atoms with van der Waals surface area (Å²) in [4.78, 5) is 3.98. The maximum atomic E-state index is 13.2. The monoisotopic (exact) mass is 244 g/mol. The van der Waals surface area contributed by atoms with E-state index in [9.17, 15) is 4.39 Å². The van der Waals surface area contributed by atoms with Gasteiger partial charge in [-0.05, 0) is 60.7 Å². The standard InChI is InChI=1S/C15H17FN2/c1-11-2-4-13(16)10-14(11)15(17)5-3-12-6-8-18-9-7-12/h2,4,6-10,15H,3,5,17H2,1H3. The van der Waals surface area contributed by atoms with Crippen LogP contribution in [0.2, 0.25) is 0 Å². The van der Waals surface area contributed by atoms with Gasteiger partial charge in [-0.2, -0.15) is 0 Å². The first-order valence-electron chi connectivity index (χ1n) is 6.07. The molecule has 0 saturated heterocycles. The Hall–Kier alpha value is -1.74. The fourth-order valence-corrected chi connectivity index (χ4v) is 2.04. The molecule has 1 atom stereocenters. The van der Waals surface area contributed by atoms with Crippen molar-refractivity contribution < 1.29 is 4.39 Å². The van der Waals surface area contributed by atoms with Gasteiger partial charge in [0.05, 0.1) is 0 Å². The van der Waals surface area contributed by atoms with E-state index in [1.54, 1.807) is 18.5 Å². The highest BCUT2D eigenvalue weighted by Gasteiger charge is 2.10. The van der Waals surface area contributed by atoms with Gasteiger partial charge in [-0.25, -0.2) is 4.39 Å². The predicted molar refractivity (Wildman–Crippen MR) is 70.6 cm³/mol. The van der Waals surface area contributed by atoms with Gasteiger partial charge in [0.15, 0.2) is 0 Å². The van der Waals surface area contributed by atoms with Gasteiger partial charge in [0, 0.05) is 18.4 Å². The first-order valence-corrected chi connectivity index (χ1v) is 6.07. The lowest BCUT2D eigenvalue weighted by atomic mass is 9.96. The number of nitrogens with zero attached hydrogens (tertiary/aromatic N) is 1. The maximum absolute atomic E-state index is 13.2. The van der Waals surface area contributed by atoms with Crippen LogP contribution >= 0.6 is 0 Å². The first-order chi connectivity index (χ1) is 8.66. The van der Waals surface area contributed by atoms with E-state index in [-0.39, 0.29) is 11.9 Å². The van der Waals surface area contributed by atoms with E-state index >= 15 is 0 Å². The Morgan fingerprint density at radius 3 is 2.67 bits per heavy atom. The van der Waals surface area contributed by atoms with E-state index in [0.717, 1.165) is 24.0 Å². The Labute approximate surface area is 107 Å². The number of hydrogen-bond acceptors (Lipinski definition) is 2. The third-order valence-corrected chi connectivity index (χ3v) is 3.13. The lowest BCUT2D eigenvalue weighted by Crippen LogP contribution is -2.13. The predicted octanol–water partition coefficient (Wildman–Crippen LogP) is 3.16. The summed E-state index contributed by atoms with van der Waals surface area (Å²) in [6.07, 6.45) is 5.22. The molecular weight excluding hydrogens is 227 g/mol. The lowest BCUT2D eigenvalue weighted by Gasteiger charge is -2.14. The summed E-state index contributed by atoms with van der Waals surface area (Å²) in [6.45, 7) is 1.96. The van der Waals surface area contributed by atoms with E-state index in [0.29, 0.717) is 0 Å². The van der Waals surface area contributed by atoms with Gasteiger partial charge in [0.2, 0.25) is 0 Å². The van der Waals surface area contributed by atoms with Crippen LogP contribution in [0, 0.1) is 12.7 Å². The van der Waals surface area contributed by atoms with Crippen molar-refractivity contribution in [2.45, 2.75) is 25.8 Å². The minimum atomic E-state index is -0.227. The molecule has 0 bridgehead atoms. The third-order valence-electron chi connectivity index (χ3n) is 3.13.